The number of carbonyl (C=O) groups is 1. The lowest BCUT2D eigenvalue weighted by Gasteiger charge is -2.25. The number of thioether (sulfide) groups is 1. The Morgan fingerprint density at radius 2 is 1.94 bits per heavy atom. The van der Waals surface area contributed by atoms with Crippen molar-refractivity contribution in [1.82, 2.24) is 9.36 Å². The second kappa shape index (κ2) is 9.70. The van der Waals surface area contributed by atoms with Gasteiger partial charge in [0.05, 0.1) is 12.4 Å². The average molecular weight is 459 g/mol. The summed E-state index contributed by atoms with van der Waals surface area (Å²) in [5.74, 6) is 1.91. The fraction of sp³-hybridized carbons (Fsp3) is 0.348. The Kier molecular flexibility index (Phi) is 7.23. The molecule has 6 nitrogen and oxygen atoms in total. The van der Waals surface area contributed by atoms with Gasteiger partial charge in [-0.1, -0.05) is 0 Å². The molecule has 3 aromatic rings. The minimum Gasteiger partial charge on any atom is -0.508 e. The molecule has 1 aromatic heterocycles. The summed E-state index contributed by atoms with van der Waals surface area (Å²) in [6.07, 6.45) is 0. The Hall–Kier alpha value is -2.58. The number of aryl methyl sites for hydroxylation is 2. The van der Waals surface area contributed by atoms with Crippen LogP contribution in [-0.4, -0.2) is 32.6 Å². The van der Waals surface area contributed by atoms with Crippen molar-refractivity contribution >= 4 is 29.3 Å². The molecule has 1 heterocycles. The molecule has 0 fully saturated rings. The summed E-state index contributed by atoms with van der Waals surface area (Å²) in [7, 11) is 0. The van der Waals surface area contributed by atoms with E-state index in [1.807, 2.05) is 44.2 Å². The summed E-state index contributed by atoms with van der Waals surface area (Å²) in [4.78, 5) is 17.8. The van der Waals surface area contributed by atoms with Crippen molar-refractivity contribution in [1.29, 1.82) is 0 Å². The number of rotatable bonds is 8. The standard InChI is InChI=1S/C23H26N2O4S2/c1-6-28-22(27)23(4,5)29-19-10-8-17(12-15(19)3)30-13-20-24-21(25-31-20)16-7-9-18(26)14(2)11-16/h7-12,26H,6,13H2,1-5H3. The highest BCUT2D eigenvalue weighted by Crippen LogP contribution is 2.31. The largest absolute Gasteiger partial charge is 0.508 e. The minimum absolute atomic E-state index is 0.267. The summed E-state index contributed by atoms with van der Waals surface area (Å²) in [6, 6.07) is 11.3. The van der Waals surface area contributed by atoms with Crippen LogP contribution in [0.4, 0.5) is 0 Å². The maximum Gasteiger partial charge on any atom is 0.349 e. The average Bonchev–Trinajstić information content (AvgIpc) is 3.19. The molecule has 8 heteroatoms. The van der Waals surface area contributed by atoms with E-state index >= 15 is 0 Å². The topological polar surface area (TPSA) is 81.5 Å². The van der Waals surface area contributed by atoms with Gasteiger partial charge in [-0.3, -0.25) is 0 Å². The second-order valence-corrected chi connectivity index (χ2v) is 9.45. The van der Waals surface area contributed by atoms with Gasteiger partial charge >= 0.3 is 5.97 Å². The van der Waals surface area contributed by atoms with Gasteiger partial charge < -0.3 is 14.6 Å². The monoisotopic (exact) mass is 458 g/mol. The number of hydrogen-bond acceptors (Lipinski definition) is 8. The van der Waals surface area contributed by atoms with Crippen LogP contribution in [0.1, 0.15) is 36.9 Å². The highest BCUT2D eigenvalue weighted by atomic mass is 32.2. The molecule has 1 N–H and O–H groups in total. The Morgan fingerprint density at radius 3 is 2.61 bits per heavy atom. The first-order valence-corrected chi connectivity index (χ1v) is 11.7. The van der Waals surface area contributed by atoms with Crippen LogP contribution >= 0.6 is 23.3 Å². The van der Waals surface area contributed by atoms with Gasteiger partial charge in [0, 0.05) is 10.5 Å². The summed E-state index contributed by atoms with van der Waals surface area (Å²) >= 11 is 3.04. The van der Waals surface area contributed by atoms with Crippen molar-refractivity contribution < 1.29 is 19.4 Å². The zero-order valence-corrected chi connectivity index (χ0v) is 19.9. The third-order valence-corrected chi connectivity index (χ3v) is 6.46. The van der Waals surface area contributed by atoms with Crippen LogP contribution in [0.25, 0.3) is 11.4 Å². The summed E-state index contributed by atoms with van der Waals surface area (Å²) in [5, 5.41) is 10.6. The van der Waals surface area contributed by atoms with E-state index in [4.69, 9.17) is 9.47 Å². The smallest absolute Gasteiger partial charge is 0.349 e. The first-order valence-electron chi connectivity index (χ1n) is 9.92. The van der Waals surface area contributed by atoms with Crippen LogP contribution in [-0.2, 0) is 15.3 Å². The van der Waals surface area contributed by atoms with Gasteiger partial charge in [0.2, 0.25) is 0 Å². The second-order valence-electron chi connectivity index (χ2n) is 7.56. The normalized spacial score (nSPS) is 11.4. The van der Waals surface area contributed by atoms with E-state index in [1.54, 1.807) is 38.6 Å². The third-order valence-electron chi connectivity index (χ3n) is 4.56. The van der Waals surface area contributed by atoms with E-state index in [1.165, 1.54) is 11.5 Å². The number of carbonyl (C=O) groups excluding carboxylic acids is 1. The lowest BCUT2D eigenvalue weighted by molar-refractivity contribution is -0.158. The predicted molar refractivity (Wildman–Crippen MR) is 124 cm³/mol. The Balaban J connectivity index is 1.64. The molecule has 0 saturated heterocycles. The molecule has 0 radical (unpaired) electrons. The fourth-order valence-electron chi connectivity index (χ4n) is 2.82. The van der Waals surface area contributed by atoms with Gasteiger partial charge in [-0.2, -0.15) is 4.37 Å². The molecule has 0 aliphatic heterocycles. The van der Waals surface area contributed by atoms with Crippen molar-refractivity contribution in [2.45, 2.75) is 50.9 Å². The van der Waals surface area contributed by atoms with Crippen LogP contribution in [0.5, 0.6) is 11.5 Å². The number of hydrogen-bond donors (Lipinski definition) is 1. The summed E-state index contributed by atoms with van der Waals surface area (Å²) < 4.78 is 15.4. The molecule has 0 amide bonds. The van der Waals surface area contributed by atoms with Gasteiger partial charge in [-0.25, -0.2) is 9.78 Å². The van der Waals surface area contributed by atoms with Crippen molar-refractivity contribution in [3.63, 3.8) is 0 Å². The Morgan fingerprint density at radius 1 is 1.16 bits per heavy atom. The highest BCUT2D eigenvalue weighted by molar-refractivity contribution is 7.98. The van der Waals surface area contributed by atoms with Crippen LogP contribution in [0.15, 0.2) is 41.3 Å². The Labute approximate surface area is 190 Å². The zero-order chi connectivity index (χ0) is 22.6. The molecule has 0 aliphatic carbocycles. The van der Waals surface area contributed by atoms with Gasteiger partial charge in [0.25, 0.3) is 0 Å². The molecule has 2 aromatic carbocycles. The van der Waals surface area contributed by atoms with E-state index in [9.17, 15) is 9.90 Å². The first-order chi connectivity index (χ1) is 14.7. The van der Waals surface area contributed by atoms with Crippen LogP contribution in [0, 0.1) is 13.8 Å². The molecule has 0 atom stereocenters. The molecule has 31 heavy (non-hydrogen) atoms. The molecule has 0 aliphatic rings. The summed E-state index contributed by atoms with van der Waals surface area (Å²) in [6.45, 7) is 9.31. The molecular formula is C23H26N2O4S2. The van der Waals surface area contributed by atoms with E-state index in [2.05, 4.69) is 9.36 Å². The molecule has 0 saturated carbocycles. The van der Waals surface area contributed by atoms with Crippen molar-refractivity contribution in [2.75, 3.05) is 6.61 Å². The zero-order valence-electron chi connectivity index (χ0n) is 18.3. The number of benzene rings is 2. The lowest BCUT2D eigenvalue weighted by atomic mass is 10.1. The molecule has 0 spiro atoms. The highest BCUT2D eigenvalue weighted by Gasteiger charge is 2.32. The van der Waals surface area contributed by atoms with E-state index in [-0.39, 0.29) is 11.7 Å². The number of aromatic hydroxyl groups is 1. The number of phenolic OH excluding ortho intramolecular Hbond substituents is 1. The van der Waals surface area contributed by atoms with Gasteiger partial charge in [0.1, 0.15) is 16.5 Å². The minimum atomic E-state index is -1.05. The van der Waals surface area contributed by atoms with Crippen LogP contribution in [0.2, 0.25) is 0 Å². The van der Waals surface area contributed by atoms with Crippen molar-refractivity contribution in [3.8, 4) is 22.9 Å². The molecule has 0 bridgehead atoms. The Bertz CT molecular complexity index is 1080. The van der Waals surface area contributed by atoms with Crippen LogP contribution in [0.3, 0.4) is 0 Å². The van der Waals surface area contributed by atoms with Gasteiger partial charge in [0.15, 0.2) is 11.4 Å². The predicted octanol–water partition coefficient (Wildman–Crippen LogP) is 5.54. The summed E-state index contributed by atoms with van der Waals surface area (Å²) in [5.41, 5.74) is 1.58. The third kappa shape index (κ3) is 5.77. The van der Waals surface area contributed by atoms with E-state index in [0.29, 0.717) is 23.9 Å². The maximum absolute atomic E-state index is 12.1. The number of phenols is 1. The lowest BCUT2D eigenvalue weighted by Crippen LogP contribution is -2.39. The maximum atomic E-state index is 12.1. The van der Waals surface area contributed by atoms with Gasteiger partial charge in [-0.05, 0) is 93.7 Å². The fourth-order valence-corrected chi connectivity index (χ4v) is 4.45. The first kappa shape index (κ1) is 23.1. The van der Waals surface area contributed by atoms with Crippen molar-refractivity contribution in [3.05, 3.63) is 52.5 Å². The quantitative estimate of drug-likeness (QED) is 0.350. The number of nitrogens with zero attached hydrogens (tertiary/aromatic N) is 2. The van der Waals surface area contributed by atoms with Crippen molar-refractivity contribution in [2.24, 2.45) is 0 Å². The molecule has 3 rings (SSSR count). The van der Waals surface area contributed by atoms with Gasteiger partial charge in [-0.15, -0.1) is 11.8 Å². The number of ether oxygens (including phenoxy) is 2. The molecular weight excluding hydrogens is 432 g/mol. The molecule has 0 unspecified atom stereocenters. The molecule has 164 valence electrons. The number of aromatic nitrogens is 2. The van der Waals surface area contributed by atoms with E-state index < -0.39 is 5.60 Å². The van der Waals surface area contributed by atoms with Crippen LogP contribution < -0.4 is 4.74 Å². The number of esters is 1. The SMILES string of the molecule is CCOC(=O)C(C)(C)Oc1ccc(SCc2nc(-c3ccc(O)c(C)c3)ns2)cc1C. The van der Waals surface area contributed by atoms with E-state index in [0.717, 1.165) is 26.6 Å².